The van der Waals surface area contributed by atoms with Crippen molar-refractivity contribution in [2.45, 2.75) is 88.5 Å². The standard InChI is InChI=1S/C22H30O7/c1-26-18-13-14(23)12-16-17(27-21(25)20(16)18)8-4-2-3-6-15-7-5-10-22(28-15)11-9-19(24)29-22/h12-13,15,17,19,23-24H,2-11H2,1H3. The Bertz CT molecular complexity index is 745. The molecule has 7 heteroatoms. The summed E-state index contributed by atoms with van der Waals surface area (Å²) in [7, 11) is 1.48. The summed E-state index contributed by atoms with van der Waals surface area (Å²) in [6, 6.07) is 3.03. The second-order valence-electron chi connectivity index (χ2n) is 8.30. The maximum absolute atomic E-state index is 12.2. The van der Waals surface area contributed by atoms with E-state index in [2.05, 4.69) is 0 Å². The molecule has 1 aromatic rings. The summed E-state index contributed by atoms with van der Waals surface area (Å²) in [5.41, 5.74) is 1.14. The number of cyclic esters (lactones) is 1. The molecule has 4 unspecified atom stereocenters. The smallest absolute Gasteiger partial charge is 0.342 e. The quantitative estimate of drug-likeness (QED) is 0.523. The van der Waals surface area contributed by atoms with E-state index in [9.17, 15) is 15.0 Å². The first kappa shape index (κ1) is 20.4. The summed E-state index contributed by atoms with van der Waals surface area (Å²) in [6.45, 7) is 0. The molecule has 1 spiro atoms. The zero-order valence-electron chi connectivity index (χ0n) is 16.9. The normalized spacial score (nSPS) is 31.1. The van der Waals surface area contributed by atoms with E-state index in [4.69, 9.17) is 18.9 Å². The van der Waals surface area contributed by atoms with Gasteiger partial charge in [-0.2, -0.15) is 0 Å². The van der Waals surface area contributed by atoms with Crippen LogP contribution in [0.5, 0.6) is 11.5 Å². The molecule has 0 aliphatic carbocycles. The highest BCUT2D eigenvalue weighted by molar-refractivity contribution is 5.97. The Balaban J connectivity index is 1.23. The number of unbranched alkanes of at least 4 members (excludes halogenated alkanes) is 2. The molecular formula is C22H30O7. The van der Waals surface area contributed by atoms with Crippen molar-refractivity contribution in [2.75, 3.05) is 7.11 Å². The predicted octanol–water partition coefficient (Wildman–Crippen LogP) is 3.96. The van der Waals surface area contributed by atoms with Crippen LogP contribution in [-0.2, 0) is 14.2 Å². The monoisotopic (exact) mass is 406 g/mol. The van der Waals surface area contributed by atoms with E-state index >= 15 is 0 Å². The molecule has 0 amide bonds. The molecule has 0 aromatic heterocycles. The summed E-state index contributed by atoms with van der Waals surface area (Å²) >= 11 is 0. The van der Waals surface area contributed by atoms with Crippen molar-refractivity contribution in [3.8, 4) is 11.5 Å². The van der Waals surface area contributed by atoms with Gasteiger partial charge in [-0.25, -0.2) is 4.79 Å². The molecule has 1 aromatic carbocycles. The van der Waals surface area contributed by atoms with Crippen LogP contribution in [0, 0.1) is 0 Å². The van der Waals surface area contributed by atoms with E-state index < -0.39 is 12.1 Å². The van der Waals surface area contributed by atoms with Crippen LogP contribution in [0.25, 0.3) is 0 Å². The molecule has 7 nitrogen and oxygen atoms in total. The molecule has 4 rings (SSSR count). The number of fused-ring (bicyclic) bond motifs is 1. The molecule has 3 aliphatic rings. The molecule has 3 aliphatic heterocycles. The van der Waals surface area contributed by atoms with Gasteiger partial charge in [0.15, 0.2) is 12.1 Å². The van der Waals surface area contributed by atoms with Crippen LogP contribution in [0.2, 0.25) is 0 Å². The zero-order chi connectivity index (χ0) is 20.4. The topological polar surface area (TPSA) is 94.5 Å². The number of aromatic hydroxyl groups is 1. The van der Waals surface area contributed by atoms with Gasteiger partial charge in [0.2, 0.25) is 0 Å². The van der Waals surface area contributed by atoms with Crippen LogP contribution in [-0.4, -0.2) is 41.5 Å². The molecule has 2 fully saturated rings. The summed E-state index contributed by atoms with van der Waals surface area (Å²) in [6.07, 6.45) is 8.19. The Morgan fingerprint density at radius 3 is 2.72 bits per heavy atom. The second-order valence-corrected chi connectivity index (χ2v) is 8.30. The van der Waals surface area contributed by atoms with Gasteiger partial charge < -0.3 is 29.2 Å². The number of aliphatic hydroxyl groups is 1. The molecule has 4 atom stereocenters. The second kappa shape index (κ2) is 8.50. The molecule has 29 heavy (non-hydrogen) atoms. The molecule has 3 heterocycles. The minimum absolute atomic E-state index is 0.0755. The zero-order valence-corrected chi connectivity index (χ0v) is 16.9. The van der Waals surface area contributed by atoms with Crippen LogP contribution < -0.4 is 4.74 Å². The summed E-state index contributed by atoms with van der Waals surface area (Å²) in [4.78, 5) is 12.2. The van der Waals surface area contributed by atoms with Gasteiger partial charge >= 0.3 is 5.97 Å². The lowest BCUT2D eigenvalue weighted by molar-refractivity contribution is -0.295. The number of hydrogen-bond acceptors (Lipinski definition) is 7. The minimum atomic E-state index is -0.691. The van der Waals surface area contributed by atoms with Crippen molar-refractivity contribution in [1.82, 2.24) is 0 Å². The number of esters is 1. The number of rotatable bonds is 7. The number of hydrogen-bond donors (Lipinski definition) is 2. The summed E-state index contributed by atoms with van der Waals surface area (Å²) < 4.78 is 22.5. The Morgan fingerprint density at radius 1 is 1.14 bits per heavy atom. The first-order chi connectivity index (χ1) is 14.0. The van der Waals surface area contributed by atoms with Crippen molar-refractivity contribution in [3.05, 3.63) is 23.3 Å². The van der Waals surface area contributed by atoms with Crippen molar-refractivity contribution in [3.63, 3.8) is 0 Å². The van der Waals surface area contributed by atoms with Gasteiger partial charge in [-0.15, -0.1) is 0 Å². The molecule has 2 N–H and O–H groups in total. The van der Waals surface area contributed by atoms with E-state index in [0.29, 0.717) is 23.3 Å². The number of carbonyl (C=O) groups excluding carboxylic acids is 1. The van der Waals surface area contributed by atoms with Crippen molar-refractivity contribution in [1.29, 1.82) is 0 Å². The summed E-state index contributed by atoms with van der Waals surface area (Å²) in [5.74, 6) is -0.520. The third-order valence-corrected chi connectivity index (χ3v) is 6.22. The lowest BCUT2D eigenvalue weighted by Crippen LogP contribution is -2.40. The number of carbonyl (C=O) groups is 1. The lowest BCUT2D eigenvalue weighted by atomic mass is 9.95. The lowest BCUT2D eigenvalue weighted by Gasteiger charge is -2.38. The molecular weight excluding hydrogens is 376 g/mol. The number of phenolic OH excluding ortho intramolecular Hbond substituents is 1. The van der Waals surface area contributed by atoms with Crippen molar-refractivity contribution >= 4 is 5.97 Å². The first-order valence-corrected chi connectivity index (χ1v) is 10.7. The number of aliphatic hydroxyl groups excluding tert-OH is 1. The Hall–Kier alpha value is -1.83. The molecule has 0 saturated carbocycles. The molecule has 160 valence electrons. The van der Waals surface area contributed by atoms with E-state index in [0.717, 1.165) is 57.8 Å². The van der Waals surface area contributed by atoms with Crippen LogP contribution in [0.3, 0.4) is 0 Å². The fraction of sp³-hybridized carbons (Fsp3) is 0.682. The third kappa shape index (κ3) is 4.37. The van der Waals surface area contributed by atoms with E-state index in [1.165, 1.54) is 13.2 Å². The van der Waals surface area contributed by atoms with Crippen LogP contribution in [0.1, 0.15) is 86.2 Å². The van der Waals surface area contributed by atoms with Crippen molar-refractivity contribution in [2.24, 2.45) is 0 Å². The fourth-order valence-corrected chi connectivity index (χ4v) is 4.80. The number of ether oxygens (including phenoxy) is 4. The van der Waals surface area contributed by atoms with Crippen LogP contribution in [0.15, 0.2) is 12.1 Å². The maximum Gasteiger partial charge on any atom is 0.342 e. The minimum Gasteiger partial charge on any atom is -0.508 e. The van der Waals surface area contributed by atoms with Crippen LogP contribution >= 0.6 is 0 Å². The molecule has 0 bridgehead atoms. The maximum atomic E-state index is 12.2. The van der Waals surface area contributed by atoms with E-state index in [-0.39, 0.29) is 23.9 Å². The average Bonchev–Trinajstić information content (AvgIpc) is 3.20. The Kier molecular flexibility index (Phi) is 5.99. The number of benzene rings is 1. The van der Waals surface area contributed by atoms with Gasteiger partial charge in [0.25, 0.3) is 0 Å². The first-order valence-electron chi connectivity index (χ1n) is 10.7. The predicted molar refractivity (Wildman–Crippen MR) is 104 cm³/mol. The van der Waals surface area contributed by atoms with Gasteiger partial charge in [0, 0.05) is 30.9 Å². The van der Waals surface area contributed by atoms with E-state index in [1.54, 1.807) is 6.07 Å². The summed E-state index contributed by atoms with van der Waals surface area (Å²) in [5, 5.41) is 19.5. The van der Waals surface area contributed by atoms with Gasteiger partial charge in [0.1, 0.15) is 23.2 Å². The van der Waals surface area contributed by atoms with Gasteiger partial charge in [-0.1, -0.05) is 12.8 Å². The third-order valence-electron chi connectivity index (χ3n) is 6.22. The Morgan fingerprint density at radius 2 is 1.97 bits per heavy atom. The van der Waals surface area contributed by atoms with Gasteiger partial charge in [-0.05, 0) is 38.2 Å². The largest absolute Gasteiger partial charge is 0.508 e. The average molecular weight is 406 g/mol. The highest BCUT2D eigenvalue weighted by atomic mass is 16.8. The highest BCUT2D eigenvalue weighted by Crippen LogP contribution is 2.42. The number of methoxy groups -OCH3 is 1. The number of phenols is 1. The van der Waals surface area contributed by atoms with E-state index in [1.807, 2.05) is 0 Å². The Labute approximate surface area is 170 Å². The van der Waals surface area contributed by atoms with Gasteiger partial charge in [-0.3, -0.25) is 0 Å². The molecule has 2 saturated heterocycles. The SMILES string of the molecule is COc1cc(O)cc2c1C(=O)OC2CCCCCC1CCCC2(CCC(O)O2)O1. The van der Waals surface area contributed by atoms with Crippen LogP contribution in [0.4, 0.5) is 0 Å². The molecule has 0 radical (unpaired) electrons. The van der Waals surface area contributed by atoms with Gasteiger partial charge in [0.05, 0.1) is 13.2 Å². The van der Waals surface area contributed by atoms with Crippen molar-refractivity contribution < 1.29 is 34.0 Å². The highest BCUT2D eigenvalue weighted by Gasteiger charge is 2.44. The fourth-order valence-electron chi connectivity index (χ4n) is 4.80.